The van der Waals surface area contributed by atoms with Crippen LogP contribution in [0.25, 0.3) is 0 Å². The van der Waals surface area contributed by atoms with Crippen molar-refractivity contribution in [3.63, 3.8) is 0 Å². The minimum Gasteiger partial charge on any atom is -0.317 e. The van der Waals surface area contributed by atoms with Crippen LogP contribution in [0.5, 0.6) is 0 Å². The zero-order chi connectivity index (χ0) is 17.7. The lowest BCUT2D eigenvalue weighted by Crippen LogP contribution is -2.35. The quantitative estimate of drug-likeness (QED) is 0.844. The van der Waals surface area contributed by atoms with E-state index in [0.29, 0.717) is 13.1 Å². The average molecular weight is 363 g/mol. The van der Waals surface area contributed by atoms with E-state index < -0.39 is 10.0 Å². The third kappa shape index (κ3) is 2.88. The first-order valence-electron chi connectivity index (χ1n) is 9.11. The zero-order valence-electron chi connectivity index (χ0n) is 14.5. The number of hydrogen-bond donors (Lipinski definition) is 2. The van der Waals surface area contributed by atoms with Crippen LogP contribution in [-0.2, 0) is 21.2 Å². The van der Waals surface area contributed by atoms with Crippen molar-refractivity contribution in [3.05, 3.63) is 23.8 Å². The van der Waals surface area contributed by atoms with Crippen LogP contribution < -0.4 is 14.9 Å². The van der Waals surface area contributed by atoms with Gasteiger partial charge >= 0.3 is 0 Å². The highest BCUT2D eigenvalue weighted by Crippen LogP contribution is 2.59. The number of hydrogen-bond acceptors (Lipinski definition) is 4. The number of benzene rings is 1. The number of nitrogens with one attached hydrogen (secondary N) is 2. The first-order valence-corrected chi connectivity index (χ1v) is 10.6. The monoisotopic (exact) mass is 363 g/mol. The third-order valence-electron chi connectivity index (χ3n) is 5.95. The summed E-state index contributed by atoms with van der Waals surface area (Å²) in [6.45, 7) is 4.74. The van der Waals surface area contributed by atoms with Gasteiger partial charge in [-0.2, -0.15) is 0 Å². The van der Waals surface area contributed by atoms with Crippen molar-refractivity contribution in [2.24, 2.45) is 11.3 Å². The summed E-state index contributed by atoms with van der Waals surface area (Å²) >= 11 is 0. The molecule has 4 rings (SSSR count). The van der Waals surface area contributed by atoms with Crippen molar-refractivity contribution < 1.29 is 13.2 Å². The maximum atomic E-state index is 13.1. The first-order chi connectivity index (χ1) is 12.0. The molecule has 6 nitrogen and oxygen atoms in total. The smallest absolute Gasteiger partial charge is 0.240 e. The van der Waals surface area contributed by atoms with Gasteiger partial charge in [0.25, 0.3) is 0 Å². The molecule has 1 amide bonds. The molecule has 1 atom stereocenters. The minimum atomic E-state index is -3.51. The van der Waals surface area contributed by atoms with Gasteiger partial charge in [-0.15, -0.1) is 0 Å². The van der Waals surface area contributed by atoms with Crippen molar-refractivity contribution in [1.29, 1.82) is 0 Å². The number of anilines is 1. The molecule has 136 valence electrons. The molecule has 0 bridgehead atoms. The standard InChI is InChI=1S/C18H25N3O3S/c1-2-20-25(23,24)14-4-3-13-5-10-21(16(13)11-14)17(22)15-12-18(15)6-8-19-9-7-18/h3-4,11,15,19-20H,2,5-10,12H2,1H3. The van der Waals surface area contributed by atoms with Crippen molar-refractivity contribution in [3.8, 4) is 0 Å². The van der Waals surface area contributed by atoms with E-state index in [4.69, 9.17) is 0 Å². The Bertz CT molecular complexity index is 800. The molecule has 0 radical (unpaired) electrons. The van der Waals surface area contributed by atoms with Crippen LogP contribution in [0.15, 0.2) is 23.1 Å². The number of nitrogens with zero attached hydrogens (tertiary/aromatic N) is 1. The fraction of sp³-hybridized carbons (Fsp3) is 0.611. The Morgan fingerprint density at radius 3 is 2.84 bits per heavy atom. The number of fused-ring (bicyclic) bond motifs is 1. The van der Waals surface area contributed by atoms with Crippen LogP contribution in [0, 0.1) is 11.3 Å². The highest BCUT2D eigenvalue weighted by molar-refractivity contribution is 7.89. The Morgan fingerprint density at radius 2 is 2.12 bits per heavy atom. The van der Waals surface area contributed by atoms with Crippen LogP contribution in [0.3, 0.4) is 0 Å². The van der Waals surface area contributed by atoms with Crippen molar-refractivity contribution >= 4 is 21.6 Å². The van der Waals surface area contributed by atoms with Gasteiger partial charge < -0.3 is 10.2 Å². The fourth-order valence-electron chi connectivity index (χ4n) is 4.39. The molecule has 1 aliphatic carbocycles. The van der Waals surface area contributed by atoms with E-state index in [1.54, 1.807) is 19.1 Å². The van der Waals surface area contributed by atoms with E-state index in [-0.39, 0.29) is 22.1 Å². The Hall–Kier alpha value is -1.44. The topological polar surface area (TPSA) is 78.5 Å². The summed E-state index contributed by atoms with van der Waals surface area (Å²) in [5.74, 6) is 0.285. The molecule has 2 heterocycles. The van der Waals surface area contributed by atoms with Gasteiger partial charge in [-0.25, -0.2) is 13.1 Å². The van der Waals surface area contributed by atoms with Gasteiger partial charge in [-0.1, -0.05) is 13.0 Å². The average Bonchev–Trinajstić information content (AvgIpc) is 3.11. The number of amides is 1. The van der Waals surface area contributed by atoms with Crippen LogP contribution in [0.4, 0.5) is 5.69 Å². The second-order valence-corrected chi connectivity index (χ2v) is 9.17. The SMILES string of the molecule is CCNS(=O)(=O)c1ccc2c(c1)N(C(=O)C1CC13CCNCC3)CC2. The van der Waals surface area contributed by atoms with Crippen LogP contribution >= 0.6 is 0 Å². The zero-order valence-corrected chi connectivity index (χ0v) is 15.4. The molecule has 2 aliphatic heterocycles. The maximum absolute atomic E-state index is 13.1. The molecule has 7 heteroatoms. The van der Waals surface area contributed by atoms with Gasteiger partial charge in [0.1, 0.15) is 0 Å². The van der Waals surface area contributed by atoms with Gasteiger partial charge in [0.15, 0.2) is 0 Å². The molecule has 1 aromatic carbocycles. The predicted molar refractivity (Wildman–Crippen MR) is 96.0 cm³/mol. The number of sulfonamides is 1. The van der Waals surface area contributed by atoms with Gasteiger partial charge in [0, 0.05) is 24.7 Å². The number of carbonyl (C=O) groups is 1. The molecule has 1 saturated carbocycles. The van der Waals surface area contributed by atoms with E-state index in [1.807, 2.05) is 11.0 Å². The second-order valence-electron chi connectivity index (χ2n) is 7.40. The number of piperidine rings is 1. The molecule has 0 aromatic heterocycles. The first kappa shape index (κ1) is 17.0. The molecule has 2 N–H and O–H groups in total. The Labute approximate surface area is 149 Å². The van der Waals surface area contributed by atoms with E-state index in [1.165, 1.54) is 0 Å². The van der Waals surface area contributed by atoms with E-state index in [2.05, 4.69) is 10.0 Å². The molecule has 1 spiro atoms. The van der Waals surface area contributed by atoms with E-state index in [9.17, 15) is 13.2 Å². The summed E-state index contributed by atoms with van der Waals surface area (Å²) in [6.07, 6.45) is 3.91. The Morgan fingerprint density at radius 1 is 1.36 bits per heavy atom. The lowest BCUT2D eigenvalue weighted by molar-refractivity contribution is -0.120. The molecule has 3 aliphatic rings. The molecule has 25 heavy (non-hydrogen) atoms. The predicted octanol–water partition coefficient (Wildman–Crippen LogP) is 1.26. The van der Waals surface area contributed by atoms with E-state index in [0.717, 1.165) is 50.0 Å². The summed E-state index contributed by atoms with van der Waals surface area (Å²) < 4.78 is 27.1. The van der Waals surface area contributed by atoms with Gasteiger partial charge in [-0.3, -0.25) is 4.79 Å². The molecule has 1 aromatic rings. The highest BCUT2D eigenvalue weighted by Gasteiger charge is 2.59. The molecular weight excluding hydrogens is 338 g/mol. The van der Waals surface area contributed by atoms with Crippen LogP contribution in [0.1, 0.15) is 31.7 Å². The molecule has 1 unspecified atom stereocenters. The number of rotatable bonds is 4. The Balaban J connectivity index is 1.58. The van der Waals surface area contributed by atoms with Crippen molar-refractivity contribution in [2.75, 3.05) is 31.1 Å². The van der Waals surface area contributed by atoms with Gasteiger partial charge in [0.2, 0.25) is 15.9 Å². The summed E-state index contributed by atoms with van der Waals surface area (Å²) in [4.78, 5) is 15.1. The lowest BCUT2D eigenvalue weighted by Gasteiger charge is -2.25. The second kappa shape index (κ2) is 6.07. The minimum absolute atomic E-state index is 0.106. The summed E-state index contributed by atoms with van der Waals surface area (Å²) in [6, 6.07) is 5.14. The van der Waals surface area contributed by atoms with Crippen molar-refractivity contribution in [2.45, 2.75) is 37.5 Å². The fourth-order valence-corrected chi connectivity index (χ4v) is 5.45. The van der Waals surface area contributed by atoms with Gasteiger partial charge in [0.05, 0.1) is 4.90 Å². The maximum Gasteiger partial charge on any atom is 0.240 e. The molecular formula is C18H25N3O3S. The summed E-state index contributed by atoms with van der Waals surface area (Å²) in [5.41, 5.74) is 2.03. The Kier molecular flexibility index (Phi) is 4.13. The largest absolute Gasteiger partial charge is 0.317 e. The molecule has 2 fully saturated rings. The van der Waals surface area contributed by atoms with E-state index >= 15 is 0 Å². The summed E-state index contributed by atoms with van der Waals surface area (Å²) in [5, 5.41) is 3.36. The lowest BCUT2D eigenvalue weighted by atomic mass is 9.91. The van der Waals surface area contributed by atoms with Gasteiger partial charge in [-0.05, 0) is 61.9 Å². The van der Waals surface area contributed by atoms with Crippen LogP contribution in [-0.4, -0.2) is 40.5 Å². The van der Waals surface area contributed by atoms with Crippen molar-refractivity contribution in [1.82, 2.24) is 10.0 Å². The molecule has 1 saturated heterocycles. The van der Waals surface area contributed by atoms with Crippen LogP contribution in [0.2, 0.25) is 0 Å². The summed E-state index contributed by atoms with van der Waals surface area (Å²) in [7, 11) is -3.51. The third-order valence-corrected chi connectivity index (χ3v) is 7.49. The number of carbonyl (C=O) groups excluding carboxylic acids is 1. The highest BCUT2D eigenvalue weighted by atomic mass is 32.2. The normalized spacial score (nSPS) is 24.4.